The van der Waals surface area contributed by atoms with Crippen LogP contribution in [-0.2, 0) is 11.8 Å². The first-order valence-electron chi connectivity index (χ1n) is 5.87. The summed E-state index contributed by atoms with van der Waals surface area (Å²) >= 11 is 2.29. The molecule has 6 nitrogen and oxygen atoms in total. The van der Waals surface area contributed by atoms with Crippen molar-refractivity contribution < 1.29 is 19.5 Å². The molecule has 0 bridgehead atoms. The average molecular weight is 324 g/mol. The smallest absolute Gasteiger partial charge is 0.345 e. The molecular weight excluding hydrogens is 312 g/mol. The summed E-state index contributed by atoms with van der Waals surface area (Å²) in [6, 6.07) is 4.84. The molecular formula is C13H12N2O4S2. The van der Waals surface area contributed by atoms with Crippen LogP contribution in [0.25, 0.3) is 0 Å². The van der Waals surface area contributed by atoms with Crippen LogP contribution in [0.2, 0.25) is 0 Å². The van der Waals surface area contributed by atoms with Gasteiger partial charge in [0.2, 0.25) is 5.91 Å². The van der Waals surface area contributed by atoms with Crippen LogP contribution in [0.3, 0.4) is 0 Å². The quantitative estimate of drug-likeness (QED) is 0.819. The summed E-state index contributed by atoms with van der Waals surface area (Å²) in [5, 5.41) is 12.8. The van der Waals surface area contributed by atoms with Gasteiger partial charge in [0, 0.05) is 23.5 Å². The molecule has 0 fully saturated rings. The minimum absolute atomic E-state index is 0.0476. The first-order valence-corrected chi connectivity index (χ1v) is 7.74. The van der Waals surface area contributed by atoms with E-state index >= 15 is 0 Å². The number of aryl methyl sites for hydroxylation is 1. The number of rotatable bonds is 5. The average Bonchev–Trinajstić information content (AvgIpc) is 3.04. The Kier molecular flexibility index (Phi) is 4.81. The fourth-order valence-electron chi connectivity index (χ4n) is 1.58. The van der Waals surface area contributed by atoms with Gasteiger partial charge in [0.15, 0.2) is 0 Å². The van der Waals surface area contributed by atoms with Gasteiger partial charge in [0.05, 0.1) is 5.75 Å². The summed E-state index contributed by atoms with van der Waals surface area (Å²) in [5.74, 6) is -1.82. The van der Waals surface area contributed by atoms with Crippen LogP contribution >= 0.6 is 23.1 Å². The number of nitrogens with one attached hydrogen (secondary N) is 1. The van der Waals surface area contributed by atoms with Crippen LogP contribution in [0.1, 0.15) is 20.2 Å². The van der Waals surface area contributed by atoms with Crippen molar-refractivity contribution in [2.75, 3.05) is 5.75 Å². The molecule has 0 unspecified atom stereocenters. The molecule has 0 aliphatic carbocycles. The molecule has 0 radical (unpaired) electrons. The highest BCUT2D eigenvalue weighted by atomic mass is 32.2. The van der Waals surface area contributed by atoms with E-state index in [9.17, 15) is 14.4 Å². The van der Waals surface area contributed by atoms with E-state index in [4.69, 9.17) is 5.11 Å². The van der Waals surface area contributed by atoms with Crippen molar-refractivity contribution >= 4 is 40.9 Å². The molecule has 2 amide bonds. The second-order valence-corrected chi connectivity index (χ2v) is 6.08. The highest BCUT2D eigenvalue weighted by molar-refractivity contribution is 8.00. The summed E-state index contributed by atoms with van der Waals surface area (Å²) < 4.78 is 1.62. The number of nitrogens with zero attached hydrogens (tertiary/aromatic N) is 1. The Labute approximate surface area is 128 Å². The van der Waals surface area contributed by atoms with Crippen molar-refractivity contribution in [3.05, 3.63) is 40.3 Å². The van der Waals surface area contributed by atoms with Crippen LogP contribution in [0.5, 0.6) is 0 Å². The Hall–Kier alpha value is -2.06. The van der Waals surface area contributed by atoms with E-state index in [1.165, 1.54) is 17.8 Å². The number of carbonyl (C=O) groups excluding carboxylic acids is 2. The Bertz CT molecular complexity index is 690. The third-order valence-electron chi connectivity index (χ3n) is 2.59. The van der Waals surface area contributed by atoms with Crippen LogP contribution in [0, 0.1) is 0 Å². The van der Waals surface area contributed by atoms with Crippen molar-refractivity contribution in [2.45, 2.75) is 4.90 Å². The van der Waals surface area contributed by atoms with E-state index in [1.807, 2.05) is 0 Å². The molecule has 0 aliphatic rings. The molecule has 8 heteroatoms. The Morgan fingerprint density at radius 2 is 2.19 bits per heavy atom. The number of amides is 2. The number of imide groups is 1. The fraction of sp³-hybridized carbons (Fsp3) is 0.154. The SMILES string of the molecule is Cn1cccc1C(=O)NC(=O)CSc1csc(C(=O)O)c1. The van der Waals surface area contributed by atoms with Gasteiger partial charge in [-0.1, -0.05) is 0 Å². The normalized spacial score (nSPS) is 10.3. The molecule has 2 aromatic rings. The Morgan fingerprint density at radius 1 is 1.43 bits per heavy atom. The van der Waals surface area contributed by atoms with Crippen molar-refractivity contribution in [3.63, 3.8) is 0 Å². The number of carboxylic acid groups (broad SMARTS) is 1. The van der Waals surface area contributed by atoms with Crippen molar-refractivity contribution in [2.24, 2.45) is 7.05 Å². The number of thioether (sulfide) groups is 1. The number of aromatic nitrogens is 1. The van der Waals surface area contributed by atoms with Crippen LogP contribution < -0.4 is 5.32 Å². The third-order valence-corrected chi connectivity index (χ3v) is 4.63. The lowest BCUT2D eigenvalue weighted by atomic mass is 10.4. The number of thiophene rings is 1. The highest BCUT2D eigenvalue weighted by Gasteiger charge is 2.14. The molecule has 2 rings (SSSR count). The van der Waals surface area contributed by atoms with Gasteiger partial charge in [-0.25, -0.2) is 4.79 Å². The summed E-state index contributed by atoms with van der Waals surface area (Å²) in [6.45, 7) is 0. The van der Waals surface area contributed by atoms with Crippen molar-refractivity contribution in [1.82, 2.24) is 9.88 Å². The first kappa shape index (κ1) is 15.3. The summed E-state index contributed by atoms with van der Waals surface area (Å²) in [5.41, 5.74) is 0.400. The molecule has 2 aromatic heterocycles. The Balaban J connectivity index is 1.86. The maximum absolute atomic E-state index is 11.8. The van der Waals surface area contributed by atoms with E-state index in [-0.39, 0.29) is 10.6 Å². The molecule has 0 atom stereocenters. The second-order valence-electron chi connectivity index (χ2n) is 4.12. The largest absolute Gasteiger partial charge is 0.477 e. The maximum Gasteiger partial charge on any atom is 0.345 e. The molecule has 0 spiro atoms. The van der Waals surface area contributed by atoms with Gasteiger partial charge >= 0.3 is 5.97 Å². The third kappa shape index (κ3) is 3.96. The van der Waals surface area contributed by atoms with Gasteiger partial charge in [-0.15, -0.1) is 23.1 Å². The van der Waals surface area contributed by atoms with E-state index in [0.717, 1.165) is 11.3 Å². The van der Waals surface area contributed by atoms with Gasteiger partial charge in [0.1, 0.15) is 10.6 Å². The zero-order valence-corrected chi connectivity index (χ0v) is 12.7. The topological polar surface area (TPSA) is 88.4 Å². The molecule has 0 saturated carbocycles. The Morgan fingerprint density at radius 3 is 2.76 bits per heavy atom. The molecule has 21 heavy (non-hydrogen) atoms. The van der Waals surface area contributed by atoms with E-state index < -0.39 is 17.8 Å². The predicted molar refractivity (Wildman–Crippen MR) is 79.9 cm³/mol. The molecule has 110 valence electrons. The molecule has 2 heterocycles. The summed E-state index contributed by atoms with van der Waals surface area (Å²) in [6.07, 6.45) is 1.72. The first-order chi connectivity index (χ1) is 9.97. The highest BCUT2D eigenvalue weighted by Crippen LogP contribution is 2.24. The van der Waals surface area contributed by atoms with Crippen LogP contribution in [0.15, 0.2) is 34.7 Å². The minimum atomic E-state index is -0.991. The molecule has 0 saturated heterocycles. The summed E-state index contributed by atoms with van der Waals surface area (Å²) in [7, 11) is 1.72. The lowest BCUT2D eigenvalue weighted by Gasteiger charge is -2.04. The van der Waals surface area contributed by atoms with Crippen LogP contribution in [-0.4, -0.2) is 33.2 Å². The van der Waals surface area contributed by atoms with E-state index in [1.54, 1.807) is 35.3 Å². The van der Waals surface area contributed by atoms with Crippen LogP contribution in [0.4, 0.5) is 0 Å². The van der Waals surface area contributed by atoms with E-state index in [2.05, 4.69) is 5.32 Å². The summed E-state index contributed by atoms with van der Waals surface area (Å²) in [4.78, 5) is 35.2. The van der Waals surface area contributed by atoms with Crippen molar-refractivity contribution in [1.29, 1.82) is 0 Å². The predicted octanol–water partition coefficient (Wildman–Crippen LogP) is 1.83. The number of carboxylic acids is 1. The van der Waals surface area contributed by atoms with E-state index in [0.29, 0.717) is 10.6 Å². The van der Waals surface area contributed by atoms with Gasteiger partial charge in [-0.3, -0.25) is 14.9 Å². The molecule has 2 N–H and O–H groups in total. The zero-order chi connectivity index (χ0) is 15.4. The second kappa shape index (κ2) is 6.59. The van der Waals surface area contributed by atoms with Gasteiger partial charge in [-0.05, 0) is 18.2 Å². The number of carbonyl (C=O) groups is 3. The number of hydrogen-bond acceptors (Lipinski definition) is 5. The zero-order valence-electron chi connectivity index (χ0n) is 11.0. The van der Waals surface area contributed by atoms with Gasteiger partial charge in [0.25, 0.3) is 5.91 Å². The molecule has 0 aliphatic heterocycles. The molecule has 0 aromatic carbocycles. The maximum atomic E-state index is 11.8. The van der Waals surface area contributed by atoms with Crippen molar-refractivity contribution in [3.8, 4) is 0 Å². The monoisotopic (exact) mass is 324 g/mol. The minimum Gasteiger partial charge on any atom is -0.477 e. The standard InChI is InChI=1S/C13H12N2O4S2/c1-15-4-2-3-9(15)12(17)14-11(16)7-20-8-5-10(13(18)19)21-6-8/h2-6H,7H2,1H3,(H,18,19)(H,14,16,17). The number of hydrogen-bond donors (Lipinski definition) is 2. The lowest BCUT2D eigenvalue weighted by Crippen LogP contribution is -2.32. The lowest BCUT2D eigenvalue weighted by molar-refractivity contribution is -0.117. The fourth-order valence-corrected chi connectivity index (χ4v) is 3.25. The number of aromatic carboxylic acids is 1. The van der Waals surface area contributed by atoms with Gasteiger partial charge in [-0.2, -0.15) is 0 Å². The van der Waals surface area contributed by atoms with Gasteiger partial charge < -0.3 is 9.67 Å².